The van der Waals surface area contributed by atoms with Crippen LogP contribution in [-0.2, 0) is 17.6 Å². The summed E-state index contributed by atoms with van der Waals surface area (Å²) in [7, 11) is 0. The van der Waals surface area contributed by atoms with E-state index < -0.39 is 5.91 Å². The molecule has 140 valence electrons. The molecule has 0 spiro atoms. The molecule has 1 aromatic heterocycles. The van der Waals surface area contributed by atoms with Crippen LogP contribution in [0.3, 0.4) is 0 Å². The maximum atomic E-state index is 12.1. The van der Waals surface area contributed by atoms with Crippen molar-refractivity contribution in [3.8, 4) is 5.75 Å². The van der Waals surface area contributed by atoms with Gasteiger partial charge < -0.3 is 21.1 Å². The molecule has 6 nitrogen and oxygen atoms in total. The van der Waals surface area contributed by atoms with Crippen LogP contribution in [0.15, 0.2) is 48.5 Å². The Morgan fingerprint density at radius 1 is 1.04 bits per heavy atom. The first-order valence-electron chi connectivity index (χ1n) is 8.99. The van der Waals surface area contributed by atoms with Gasteiger partial charge in [0.05, 0.1) is 0 Å². The van der Waals surface area contributed by atoms with Gasteiger partial charge in [0, 0.05) is 23.9 Å². The number of aryl methyl sites for hydroxylation is 2. The Hall–Kier alpha value is -3.28. The lowest BCUT2D eigenvalue weighted by atomic mass is 10.0. The molecule has 3 rings (SSSR count). The van der Waals surface area contributed by atoms with E-state index in [0.29, 0.717) is 25.1 Å². The van der Waals surface area contributed by atoms with E-state index >= 15 is 0 Å². The number of para-hydroxylation sites is 2. The highest BCUT2D eigenvalue weighted by Gasteiger charge is 2.16. The summed E-state index contributed by atoms with van der Waals surface area (Å²) in [4.78, 5) is 26.9. The number of aromatic nitrogens is 1. The van der Waals surface area contributed by atoms with Gasteiger partial charge in [-0.05, 0) is 42.5 Å². The summed E-state index contributed by atoms with van der Waals surface area (Å²) in [6.45, 7) is 0.531. The summed E-state index contributed by atoms with van der Waals surface area (Å²) in [5.41, 5.74) is 8.31. The van der Waals surface area contributed by atoms with E-state index in [-0.39, 0.29) is 18.1 Å². The molecule has 5 N–H and O–H groups in total. The van der Waals surface area contributed by atoms with Crippen LogP contribution in [0.1, 0.15) is 34.5 Å². The van der Waals surface area contributed by atoms with E-state index in [1.54, 1.807) is 12.1 Å². The Kier molecular flexibility index (Phi) is 5.76. The molecule has 0 aliphatic heterocycles. The van der Waals surface area contributed by atoms with Gasteiger partial charge in [0.25, 0.3) is 5.91 Å². The first-order valence-corrected chi connectivity index (χ1v) is 8.99. The number of aromatic hydroxyl groups is 1. The minimum atomic E-state index is -0.524. The van der Waals surface area contributed by atoms with Crippen molar-refractivity contribution in [3.63, 3.8) is 0 Å². The van der Waals surface area contributed by atoms with E-state index in [0.717, 1.165) is 28.5 Å². The lowest BCUT2D eigenvalue weighted by molar-refractivity contribution is -0.121. The van der Waals surface area contributed by atoms with Crippen molar-refractivity contribution in [1.29, 1.82) is 0 Å². The average Bonchev–Trinajstić information content (AvgIpc) is 3.04. The first kappa shape index (κ1) is 18.5. The van der Waals surface area contributed by atoms with Gasteiger partial charge >= 0.3 is 0 Å². The number of rotatable bonds is 8. The zero-order chi connectivity index (χ0) is 19.2. The normalized spacial score (nSPS) is 10.8. The van der Waals surface area contributed by atoms with Crippen LogP contribution in [-0.4, -0.2) is 28.4 Å². The Morgan fingerprint density at radius 3 is 2.56 bits per heavy atom. The zero-order valence-electron chi connectivity index (χ0n) is 15.0. The molecule has 2 aromatic carbocycles. The number of H-pyrrole nitrogens is 1. The highest BCUT2D eigenvalue weighted by atomic mass is 16.3. The summed E-state index contributed by atoms with van der Waals surface area (Å²) < 4.78 is 0. The summed E-state index contributed by atoms with van der Waals surface area (Å²) in [5, 5.41) is 13.5. The summed E-state index contributed by atoms with van der Waals surface area (Å²) in [5.74, 6) is -0.320. The number of phenols is 1. The maximum Gasteiger partial charge on any atom is 0.265 e. The third kappa shape index (κ3) is 4.47. The van der Waals surface area contributed by atoms with Crippen LogP contribution >= 0.6 is 0 Å². The van der Waals surface area contributed by atoms with E-state index in [1.807, 2.05) is 36.4 Å². The number of benzene rings is 2. The molecule has 0 saturated carbocycles. The second-order valence-corrected chi connectivity index (χ2v) is 6.47. The van der Waals surface area contributed by atoms with Crippen molar-refractivity contribution in [2.75, 3.05) is 6.54 Å². The van der Waals surface area contributed by atoms with Crippen LogP contribution in [0.4, 0.5) is 0 Å². The van der Waals surface area contributed by atoms with Crippen molar-refractivity contribution in [3.05, 3.63) is 65.4 Å². The number of hydrogen-bond acceptors (Lipinski definition) is 3. The lowest BCUT2D eigenvalue weighted by Crippen LogP contribution is -2.25. The second kappa shape index (κ2) is 8.40. The molecular formula is C21H23N3O3. The van der Waals surface area contributed by atoms with Gasteiger partial charge in [-0.1, -0.05) is 36.4 Å². The minimum Gasteiger partial charge on any atom is -0.508 e. The third-order valence-electron chi connectivity index (χ3n) is 4.60. The molecule has 0 aliphatic carbocycles. The Morgan fingerprint density at radius 2 is 1.78 bits per heavy atom. The minimum absolute atomic E-state index is 0.0759. The number of primary amides is 1. The molecular weight excluding hydrogens is 342 g/mol. The molecule has 6 heteroatoms. The van der Waals surface area contributed by atoms with Gasteiger partial charge in [-0.3, -0.25) is 9.59 Å². The summed E-state index contributed by atoms with van der Waals surface area (Å²) in [6.07, 6.45) is 2.15. The van der Waals surface area contributed by atoms with Gasteiger partial charge in [0.1, 0.15) is 11.4 Å². The number of nitrogens with two attached hydrogens (primary N) is 1. The second-order valence-electron chi connectivity index (χ2n) is 6.47. The molecule has 2 amide bonds. The lowest BCUT2D eigenvalue weighted by Gasteiger charge is -2.07. The zero-order valence-corrected chi connectivity index (χ0v) is 15.0. The molecule has 0 radical (unpaired) electrons. The summed E-state index contributed by atoms with van der Waals surface area (Å²) >= 11 is 0. The van der Waals surface area contributed by atoms with Crippen LogP contribution in [0.5, 0.6) is 5.75 Å². The van der Waals surface area contributed by atoms with Crippen molar-refractivity contribution in [1.82, 2.24) is 10.3 Å². The number of hydrogen-bond donors (Lipinski definition) is 4. The van der Waals surface area contributed by atoms with E-state index in [2.05, 4.69) is 10.3 Å². The van der Waals surface area contributed by atoms with Gasteiger partial charge in [-0.15, -0.1) is 0 Å². The highest BCUT2D eigenvalue weighted by molar-refractivity contribution is 6.00. The van der Waals surface area contributed by atoms with Crippen LogP contribution in [0.2, 0.25) is 0 Å². The van der Waals surface area contributed by atoms with Gasteiger partial charge in [0.2, 0.25) is 5.91 Å². The number of nitrogens with one attached hydrogen (secondary N) is 2. The Labute approximate surface area is 157 Å². The number of phenolic OH excluding ortho intramolecular Hbond substituents is 1. The van der Waals surface area contributed by atoms with E-state index in [4.69, 9.17) is 5.73 Å². The molecule has 3 aromatic rings. The predicted molar refractivity (Wildman–Crippen MR) is 105 cm³/mol. The van der Waals surface area contributed by atoms with Crippen molar-refractivity contribution >= 4 is 22.7 Å². The van der Waals surface area contributed by atoms with E-state index in [1.165, 1.54) is 0 Å². The first-order chi connectivity index (χ1) is 13.1. The third-order valence-corrected chi connectivity index (χ3v) is 4.60. The molecule has 27 heavy (non-hydrogen) atoms. The summed E-state index contributed by atoms with van der Waals surface area (Å²) in [6, 6.07) is 14.8. The van der Waals surface area contributed by atoms with Gasteiger partial charge in [-0.2, -0.15) is 0 Å². The fourth-order valence-corrected chi connectivity index (χ4v) is 3.23. The fourth-order valence-electron chi connectivity index (χ4n) is 3.23. The van der Waals surface area contributed by atoms with Crippen molar-refractivity contribution in [2.45, 2.75) is 25.7 Å². The topological polar surface area (TPSA) is 108 Å². The van der Waals surface area contributed by atoms with Crippen LogP contribution in [0, 0.1) is 0 Å². The predicted octanol–water partition coefficient (Wildman–Crippen LogP) is 2.65. The number of amides is 2. The number of fused-ring (bicyclic) bond motifs is 1. The Bertz CT molecular complexity index is 962. The van der Waals surface area contributed by atoms with Gasteiger partial charge in [-0.25, -0.2) is 0 Å². The van der Waals surface area contributed by atoms with Gasteiger partial charge in [0.15, 0.2) is 0 Å². The smallest absolute Gasteiger partial charge is 0.265 e. The molecule has 0 saturated heterocycles. The fraction of sp³-hybridized carbons (Fsp3) is 0.238. The number of carbonyl (C=O) groups excluding carboxylic acids is 2. The molecule has 0 atom stereocenters. The van der Waals surface area contributed by atoms with Crippen molar-refractivity contribution in [2.24, 2.45) is 5.73 Å². The van der Waals surface area contributed by atoms with Crippen LogP contribution < -0.4 is 11.1 Å². The highest BCUT2D eigenvalue weighted by Crippen LogP contribution is 2.23. The SMILES string of the molecule is NC(=O)c1[nH]c2ccccc2c1CCC(=O)NCCCc1ccccc1O. The number of aromatic amines is 1. The molecule has 0 unspecified atom stereocenters. The van der Waals surface area contributed by atoms with Crippen molar-refractivity contribution < 1.29 is 14.7 Å². The quantitative estimate of drug-likeness (QED) is 0.461. The largest absolute Gasteiger partial charge is 0.508 e. The Balaban J connectivity index is 1.52. The molecule has 0 aliphatic rings. The molecule has 0 fully saturated rings. The average molecular weight is 365 g/mol. The molecule has 0 bridgehead atoms. The molecule has 1 heterocycles. The maximum absolute atomic E-state index is 12.1. The van der Waals surface area contributed by atoms with Crippen LogP contribution in [0.25, 0.3) is 10.9 Å². The number of carbonyl (C=O) groups is 2. The standard InChI is InChI=1S/C21H23N3O3/c22-21(27)20-16(15-8-2-3-9-17(15)24-20)11-12-19(26)23-13-5-7-14-6-1-4-10-18(14)25/h1-4,6,8-10,24-25H,5,7,11-13H2,(H2,22,27)(H,23,26). The monoisotopic (exact) mass is 365 g/mol. The van der Waals surface area contributed by atoms with E-state index in [9.17, 15) is 14.7 Å².